The van der Waals surface area contributed by atoms with Gasteiger partial charge in [0.15, 0.2) is 9.84 Å². The van der Waals surface area contributed by atoms with Crippen LogP contribution in [0, 0.1) is 5.92 Å². The third kappa shape index (κ3) is 5.81. The van der Waals surface area contributed by atoms with Crippen LogP contribution in [0.2, 0.25) is 0 Å². The summed E-state index contributed by atoms with van der Waals surface area (Å²) in [4.78, 5) is 12.1. The van der Waals surface area contributed by atoms with Crippen LogP contribution in [-0.4, -0.2) is 41.8 Å². The lowest BCUT2D eigenvalue weighted by molar-refractivity contribution is -0.113. The van der Waals surface area contributed by atoms with Gasteiger partial charge in [-0.05, 0) is 35.4 Å². The van der Waals surface area contributed by atoms with Gasteiger partial charge in [-0.1, -0.05) is 44.7 Å². The minimum absolute atomic E-state index is 0.0302. The van der Waals surface area contributed by atoms with Crippen molar-refractivity contribution in [1.82, 2.24) is 10.2 Å². The minimum atomic E-state index is -2.92. The average molecular weight is 424 g/mol. The lowest BCUT2D eigenvalue weighted by Crippen LogP contribution is -2.15. The van der Waals surface area contributed by atoms with E-state index < -0.39 is 9.84 Å². The second kappa shape index (κ2) is 8.24. The van der Waals surface area contributed by atoms with Crippen LogP contribution in [0.3, 0.4) is 0 Å². The molecule has 1 N–H and O–H groups in total. The molecular formula is C19H25N3O4S2. The van der Waals surface area contributed by atoms with Crippen molar-refractivity contribution >= 4 is 33.2 Å². The Labute approximate surface area is 169 Å². The van der Waals surface area contributed by atoms with E-state index in [4.69, 9.17) is 4.42 Å². The van der Waals surface area contributed by atoms with Crippen LogP contribution in [0.5, 0.6) is 0 Å². The molecule has 7 nitrogen and oxygen atoms in total. The van der Waals surface area contributed by atoms with E-state index in [0.29, 0.717) is 24.0 Å². The third-order valence-corrected chi connectivity index (χ3v) is 7.26. The summed E-state index contributed by atoms with van der Waals surface area (Å²) in [5.41, 5.74) is 2.01. The number of rotatable bonds is 6. The number of hydrogen-bond donors (Lipinski definition) is 1. The molecule has 1 amide bonds. The molecule has 0 unspecified atom stereocenters. The SMILES string of the molecule is CC(C)(C)c1ccc(NC(=O)CSc2nnc(C[C@H]3CCS(=O)(=O)C3)o2)cc1. The first-order valence-electron chi connectivity index (χ1n) is 9.17. The lowest BCUT2D eigenvalue weighted by Gasteiger charge is -2.19. The van der Waals surface area contributed by atoms with E-state index in [1.165, 1.54) is 5.56 Å². The molecule has 1 aliphatic rings. The van der Waals surface area contributed by atoms with Crippen LogP contribution < -0.4 is 5.32 Å². The Morgan fingerprint density at radius 2 is 1.96 bits per heavy atom. The van der Waals surface area contributed by atoms with Crippen LogP contribution in [0.15, 0.2) is 33.9 Å². The average Bonchev–Trinajstić information content (AvgIpc) is 3.19. The monoisotopic (exact) mass is 423 g/mol. The number of benzene rings is 1. The lowest BCUT2D eigenvalue weighted by atomic mass is 9.87. The van der Waals surface area contributed by atoms with Crippen molar-refractivity contribution in [3.63, 3.8) is 0 Å². The molecule has 3 rings (SSSR count). The molecule has 0 saturated carbocycles. The fourth-order valence-electron chi connectivity index (χ4n) is 3.04. The summed E-state index contributed by atoms with van der Waals surface area (Å²) in [5.74, 6) is 0.847. The van der Waals surface area contributed by atoms with Gasteiger partial charge in [0.2, 0.25) is 11.8 Å². The number of hydrogen-bond acceptors (Lipinski definition) is 7. The number of amides is 1. The maximum Gasteiger partial charge on any atom is 0.277 e. The third-order valence-electron chi connectivity index (χ3n) is 4.60. The predicted molar refractivity (Wildman–Crippen MR) is 109 cm³/mol. The molecule has 1 saturated heterocycles. The van der Waals surface area contributed by atoms with E-state index in [-0.39, 0.29) is 34.5 Å². The second-order valence-corrected chi connectivity index (χ2v) is 11.3. The summed E-state index contributed by atoms with van der Waals surface area (Å²) in [6, 6.07) is 7.81. The van der Waals surface area contributed by atoms with E-state index in [2.05, 4.69) is 36.3 Å². The molecule has 9 heteroatoms. The first kappa shape index (κ1) is 20.9. The fourth-order valence-corrected chi connectivity index (χ4v) is 5.48. The zero-order valence-corrected chi connectivity index (χ0v) is 17.9. The Kier molecular flexibility index (Phi) is 6.14. The Morgan fingerprint density at radius 1 is 1.25 bits per heavy atom. The summed E-state index contributed by atoms with van der Waals surface area (Å²) < 4.78 is 28.6. The van der Waals surface area contributed by atoms with Crippen LogP contribution >= 0.6 is 11.8 Å². The van der Waals surface area contributed by atoms with Gasteiger partial charge in [0, 0.05) is 12.1 Å². The van der Waals surface area contributed by atoms with Gasteiger partial charge in [-0.2, -0.15) is 0 Å². The van der Waals surface area contributed by atoms with Gasteiger partial charge in [0.05, 0.1) is 17.3 Å². The van der Waals surface area contributed by atoms with E-state index in [1.807, 2.05) is 24.3 Å². The normalized spacial score (nSPS) is 18.9. The molecule has 1 aromatic heterocycles. The zero-order chi connectivity index (χ0) is 20.4. The smallest absolute Gasteiger partial charge is 0.277 e. The number of aromatic nitrogens is 2. The summed E-state index contributed by atoms with van der Waals surface area (Å²) in [6.07, 6.45) is 1.09. The highest BCUT2D eigenvalue weighted by Gasteiger charge is 2.29. The van der Waals surface area contributed by atoms with Gasteiger partial charge < -0.3 is 9.73 Å². The summed E-state index contributed by atoms with van der Waals surface area (Å²) in [5, 5.41) is 11.1. The van der Waals surface area contributed by atoms with Crippen molar-refractivity contribution < 1.29 is 17.6 Å². The molecule has 2 aromatic rings. The Morgan fingerprint density at radius 3 is 2.57 bits per heavy atom. The number of thioether (sulfide) groups is 1. The first-order chi connectivity index (χ1) is 13.1. The highest BCUT2D eigenvalue weighted by Crippen LogP contribution is 2.25. The van der Waals surface area contributed by atoms with Crippen molar-refractivity contribution in [3.05, 3.63) is 35.7 Å². The Hall–Kier alpha value is -1.87. The number of carbonyl (C=O) groups excluding carboxylic acids is 1. The Bertz CT molecular complexity index is 931. The number of sulfone groups is 1. The molecule has 0 aliphatic carbocycles. The minimum Gasteiger partial charge on any atom is -0.416 e. The standard InChI is InChI=1S/C19H25N3O4S2/c1-19(2,3)14-4-6-15(7-5-14)20-16(23)11-27-18-22-21-17(26-18)10-13-8-9-28(24,25)12-13/h4-7,13H,8-12H2,1-3H3,(H,20,23)/t13-/m1/s1. The van der Waals surface area contributed by atoms with Gasteiger partial charge in [0.1, 0.15) is 0 Å². The van der Waals surface area contributed by atoms with E-state index in [9.17, 15) is 13.2 Å². The molecule has 1 fully saturated rings. The summed E-state index contributed by atoms with van der Waals surface area (Å²) >= 11 is 1.16. The van der Waals surface area contributed by atoms with Crippen molar-refractivity contribution in [2.75, 3.05) is 22.6 Å². The number of anilines is 1. The zero-order valence-electron chi connectivity index (χ0n) is 16.3. The number of nitrogens with one attached hydrogen (secondary N) is 1. The molecule has 1 atom stereocenters. The van der Waals surface area contributed by atoms with Crippen LogP contribution in [0.4, 0.5) is 5.69 Å². The maximum absolute atomic E-state index is 12.1. The van der Waals surface area contributed by atoms with E-state index in [1.54, 1.807) is 0 Å². The predicted octanol–water partition coefficient (Wildman–Crippen LogP) is 3.08. The molecule has 0 radical (unpaired) electrons. The van der Waals surface area contributed by atoms with E-state index >= 15 is 0 Å². The van der Waals surface area contributed by atoms with Gasteiger partial charge in [0.25, 0.3) is 5.22 Å². The molecule has 0 spiro atoms. The van der Waals surface area contributed by atoms with Crippen LogP contribution in [0.25, 0.3) is 0 Å². The molecule has 1 aliphatic heterocycles. The highest BCUT2D eigenvalue weighted by molar-refractivity contribution is 7.99. The maximum atomic E-state index is 12.1. The van der Waals surface area contributed by atoms with Crippen molar-refractivity contribution in [3.8, 4) is 0 Å². The number of nitrogens with zero attached hydrogens (tertiary/aromatic N) is 2. The van der Waals surface area contributed by atoms with Gasteiger partial charge in [-0.3, -0.25) is 4.79 Å². The van der Waals surface area contributed by atoms with Crippen molar-refractivity contribution in [2.45, 2.75) is 44.3 Å². The molecule has 2 heterocycles. The number of carbonyl (C=O) groups is 1. The largest absolute Gasteiger partial charge is 0.416 e. The van der Waals surface area contributed by atoms with Crippen molar-refractivity contribution in [2.24, 2.45) is 5.92 Å². The van der Waals surface area contributed by atoms with Crippen LogP contribution in [-0.2, 0) is 26.5 Å². The molecule has 152 valence electrons. The summed E-state index contributed by atoms with van der Waals surface area (Å²) in [6.45, 7) is 6.42. The quantitative estimate of drug-likeness (QED) is 0.712. The van der Waals surface area contributed by atoms with Crippen molar-refractivity contribution in [1.29, 1.82) is 0 Å². The second-order valence-electron chi connectivity index (χ2n) is 8.10. The van der Waals surface area contributed by atoms with Gasteiger partial charge in [-0.15, -0.1) is 10.2 Å². The fraction of sp³-hybridized carbons (Fsp3) is 0.526. The topological polar surface area (TPSA) is 102 Å². The van der Waals surface area contributed by atoms with Gasteiger partial charge >= 0.3 is 0 Å². The molecular weight excluding hydrogens is 398 g/mol. The first-order valence-corrected chi connectivity index (χ1v) is 12.0. The molecule has 28 heavy (non-hydrogen) atoms. The molecule has 1 aromatic carbocycles. The van der Waals surface area contributed by atoms with E-state index in [0.717, 1.165) is 17.4 Å². The van der Waals surface area contributed by atoms with Gasteiger partial charge in [-0.25, -0.2) is 8.42 Å². The molecule has 0 bridgehead atoms. The summed E-state index contributed by atoms with van der Waals surface area (Å²) in [7, 11) is -2.92. The Balaban J connectivity index is 1.47. The van der Waals surface area contributed by atoms with Crippen LogP contribution in [0.1, 0.15) is 38.6 Å². The highest BCUT2D eigenvalue weighted by atomic mass is 32.2.